The zero-order valence-electron chi connectivity index (χ0n) is 15.6. The molecule has 0 spiro atoms. The maximum absolute atomic E-state index is 13.5. The average molecular weight is 407 g/mol. The quantitative estimate of drug-likeness (QED) is 0.392. The molecule has 0 saturated carbocycles. The number of carbonyl (C=O) groups excluding carboxylic acids is 1. The molecule has 0 fully saturated rings. The van der Waals surface area contributed by atoms with Gasteiger partial charge in [-0.1, -0.05) is 71.0 Å². The number of hydrogen-bond acceptors (Lipinski definition) is 3. The van der Waals surface area contributed by atoms with E-state index in [2.05, 4.69) is 0 Å². The van der Waals surface area contributed by atoms with Crippen LogP contribution >= 0.6 is 22.9 Å². The van der Waals surface area contributed by atoms with Crippen LogP contribution in [0.1, 0.15) is 27.0 Å². The molecule has 3 nitrogen and oxygen atoms in total. The van der Waals surface area contributed by atoms with Gasteiger partial charge in [-0.05, 0) is 49.2 Å². The molecule has 0 aliphatic carbocycles. The molecule has 0 bridgehead atoms. The van der Waals surface area contributed by atoms with E-state index in [4.69, 9.17) is 16.6 Å². The topological polar surface area (TPSA) is 33.2 Å². The Morgan fingerprint density at radius 3 is 2.57 bits per heavy atom. The van der Waals surface area contributed by atoms with E-state index in [1.807, 2.05) is 80.6 Å². The third-order valence-electron chi connectivity index (χ3n) is 4.61. The Balaban J connectivity index is 1.79. The fourth-order valence-electron chi connectivity index (χ4n) is 3.19. The summed E-state index contributed by atoms with van der Waals surface area (Å²) in [4.78, 5) is 20.0. The van der Waals surface area contributed by atoms with Crippen molar-refractivity contribution in [1.29, 1.82) is 0 Å². The van der Waals surface area contributed by atoms with Crippen LogP contribution < -0.4 is 4.90 Å². The van der Waals surface area contributed by atoms with Gasteiger partial charge in [-0.25, -0.2) is 4.98 Å². The third-order valence-corrected chi connectivity index (χ3v) is 5.89. The van der Waals surface area contributed by atoms with Crippen LogP contribution in [0, 0.1) is 13.8 Å². The number of carbonyl (C=O) groups is 1. The molecule has 1 heterocycles. The highest BCUT2D eigenvalue weighted by Crippen LogP contribution is 2.32. The van der Waals surface area contributed by atoms with Gasteiger partial charge in [-0.2, -0.15) is 0 Å². The van der Waals surface area contributed by atoms with Gasteiger partial charge >= 0.3 is 0 Å². The summed E-state index contributed by atoms with van der Waals surface area (Å²) >= 11 is 7.61. The van der Waals surface area contributed by atoms with Gasteiger partial charge in [0.05, 0.1) is 16.8 Å². The van der Waals surface area contributed by atoms with Crippen molar-refractivity contribution in [3.63, 3.8) is 0 Å². The first-order chi connectivity index (χ1) is 13.5. The highest BCUT2D eigenvalue weighted by Gasteiger charge is 2.23. The lowest BCUT2D eigenvalue weighted by Crippen LogP contribution is -2.30. The number of halogens is 1. The van der Waals surface area contributed by atoms with Gasteiger partial charge in [0, 0.05) is 10.6 Å². The predicted octanol–water partition coefficient (Wildman–Crippen LogP) is 6.41. The Hall–Kier alpha value is -2.69. The summed E-state index contributed by atoms with van der Waals surface area (Å²) in [5, 5.41) is 1.34. The molecule has 3 aromatic carbocycles. The molecular weight excluding hydrogens is 388 g/mol. The molecule has 0 atom stereocenters. The molecule has 0 unspecified atom stereocenters. The molecule has 0 radical (unpaired) electrons. The number of thiazole rings is 1. The van der Waals surface area contributed by atoms with Gasteiger partial charge in [0.1, 0.15) is 0 Å². The minimum Gasteiger partial charge on any atom is -0.279 e. The Labute approximate surface area is 173 Å². The summed E-state index contributed by atoms with van der Waals surface area (Å²) < 4.78 is 0.967. The highest BCUT2D eigenvalue weighted by atomic mass is 35.5. The molecule has 0 aliphatic heterocycles. The van der Waals surface area contributed by atoms with E-state index in [1.165, 1.54) is 11.3 Å². The van der Waals surface area contributed by atoms with Crippen molar-refractivity contribution in [2.45, 2.75) is 20.4 Å². The smallest absolute Gasteiger partial charge is 0.260 e. The van der Waals surface area contributed by atoms with Crippen LogP contribution in [-0.4, -0.2) is 10.9 Å². The molecular formula is C23H19ClN2OS. The predicted molar refractivity (Wildman–Crippen MR) is 118 cm³/mol. The lowest BCUT2D eigenvalue weighted by Gasteiger charge is -2.21. The number of anilines is 1. The Bertz CT molecular complexity index is 1150. The number of benzene rings is 3. The van der Waals surface area contributed by atoms with Gasteiger partial charge in [-0.15, -0.1) is 0 Å². The van der Waals surface area contributed by atoms with Crippen LogP contribution in [0.15, 0.2) is 66.7 Å². The summed E-state index contributed by atoms with van der Waals surface area (Å²) in [5.74, 6) is -0.0495. The van der Waals surface area contributed by atoms with Crippen LogP contribution in [0.5, 0.6) is 0 Å². The molecule has 1 amide bonds. The monoisotopic (exact) mass is 406 g/mol. The van der Waals surface area contributed by atoms with Crippen molar-refractivity contribution in [2.75, 3.05) is 4.90 Å². The van der Waals surface area contributed by atoms with Crippen molar-refractivity contribution in [2.24, 2.45) is 0 Å². The minimum absolute atomic E-state index is 0.0495. The van der Waals surface area contributed by atoms with Crippen LogP contribution in [-0.2, 0) is 6.54 Å². The number of aryl methyl sites for hydroxylation is 2. The lowest BCUT2D eigenvalue weighted by atomic mass is 10.0. The fraction of sp³-hybridized carbons (Fsp3) is 0.130. The van der Waals surface area contributed by atoms with E-state index >= 15 is 0 Å². The van der Waals surface area contributed by atoms with Crippen LogP contribution in [0.4, 0.5) is 5.13 Å². The van der Waals surface area contributed by atoms with Gasteiger partial charge in [0.2, 0.25) is 0 Å². The molecule has 4 aromatic rings. The summed E-state index contributed by atoms with van der Waals surface area (Å²) in [7, 11) is 0. The second-order valence-corrected chi connectivity index (χ2v) is 8.25. The molecule has 4 rings (SSSR count). The van der Waals surface area contributed by atoms with Crippen molar-refractivity contribution >= 4 is 44.2 Å². The van der Waals surface area contributed by atoms with Crippen molar-refractivity contribution in [1.82, 2.24) is 4.98 Å². The van der Waals surface area contributed by atoms with Crippen LogP contribution in [0.25, 0.3) is 10.2 Å². The molecule has 0 saturated heterocycles. The maximum atomic E-state index is 13.5. The molecule has 1 aromatic heterocycles. The average Bonchev–Trinajstić information content (AvgIpc) is 3.09. The number of amides is 1. The van der Waals surface area contributed by atoms with Gasteiger partial charge in [-0.3, -0.25) is 9.69 Å². The number of fused-ring (bicyclic) bond motifs is 1. The first-order valence-electron chi connectivity index (χ1n) is 9.00. The Morgan fingerprint density at radius 2 is 1.82 bits per heavy atom. The summed E-state index contributed by atoms with van der Waals surface area (Å²) in [6.45, 7) is 4.46. The number of nitrogens with zero attached hydrogens (tertiary/aromatic N) is 2. The molecule has 5 heteroatoms. The standard InChI is InChI=1S/C23H19ClN2OS/c1-15-8-10-19(16(2)12-15)22(27)26(14-17-6-4-3-5-7-17)23-25-20-11-9-18(24)13-21(20)28-23/h3-13H,14H2,1-2H3. The molecule has 0 N–H and O–H groups in total. The molecule has 28 heavy (non-hydrogen) atoms. The Kier molecular flexibility index (Phi) is 5.16. The van der Waals surface area contributed by atoms with Gasteiger partial charge in [0.25, 0.3) is 5.91 Å². The largest absolute Gasteiger partial charge is 0.279 e. The first kappa shape index (κ1) is 18.7. The molecule has 140 valence electrons. The van der Waals surface area contributed by atoms with Crippen molar-refractivity contribution in [3.8, 4) is 0 Å². The van der Waals surface area contributed by atoms with E-state index in [0.717, 1.165) is 26.9 Å². The van der Waals surface area contributed by atoms with E-state index in [0.29, 0.717) is 22.3 Å². The van der Waals surface area contributed by atoms with E-state index in [9.17, 15) is 4.79 Å². The maximum Gasteiger partial charge on any atom is 0.260 e. The zero-order chi connectivity index (χ0) is 19.7. The third kappa shape index (κ3) is 3.79. The SMILES string of the molecule is Cc1ccc(C(=O)N(Cc2ccccc2)c2nc3ccc(Cl)cc3s2)c(C)c1. The van der Waals surface area contributed by atoms with Crippen LogP contribution in [0.2, 0.25) is 5.02 Å². The van der Waals surface area contributed by atoms with Gasteiger partial charge < -0.3 is 0 Å². The first-order valence-corrected chi connectivity index (χ1v) is 10.2. The summed E-state index contributed by atoms with van der Waals surface area (Å²) in [6.07, 6.45) is 0. The lowest BCUT2D eigenvalue weighted by molar-refractivity contribution is 0.0984. The normalized spacial score (nSPS) is 11.0. The zero-order valence-corrected chi connectivity index (χ0v) is 17.2. The van der Waals surface area contributed by atoms with Crippen molar-refractivity contribution in [3.05, 3.63) is 94.0 Å². The highest BCUT2D eigenvalue weighted by molar-refractivity contribution is 7.22. The molecule has 0 aliphatic rings. The summed E-state index contributed by atoms with van der Waals surface area (Å²) in [6, 6.07) is 21.5. The number of rotatable bonds is 4. The number of hydrogen-bond donors (Lipinski definition) is 0. The van der Waals surface area contributed by atoms with Crippen molar-refractivity contribution < 1.29 is 4.79 Å². The Morgan fingerprint density at radius 1 is 1.04 bits per heavy atom. The van der Waals surface area contributed by atoms with E-state index in [-0.39, 0.29) is 5.91 Å². The van der Waals surface area contributed by atoms with Crippen LogP contribution in [0.3, 0.4) is 0 Å². The summed E-state index contributed by atoms with van der Waals surface area (Å²) in [5.41, 5.74) is 4.69. The minimum atomic E-state index is -0.0495. The van der Waals surface area contributed by atoms with E-state index in [1.54, 1.807) is 4.90 Å². The fourth-order valence-corrected chi connectivity index (χ4v) is 4.43. The number of aromatic nitrogens is 1. The van der Waals surface area contributed by atoms with Gasteiger partial charge in [0.15, 0.2) is 5.13 Å². The van der Waals surface area contributed by atoms with E-state index < -0.39 is 0 Å². The second-order valence-electron chi connectivity index (χ2n) is 6.80. The second kappa shape index (κ2) is 7.74.